The molecule has 0 fully saturated rings. The zero-order valence-electron chi connectivity index (χ0n) is 10.9. The lowest BCUT2D eigenvalue weighted by molar-refractivity contribution is 0.422. The van der Waals surface area contributed by atoms with Crippen molar-refractivity contribution in [3.63, 3.8) is 0 Å². The quantitative estimate of drug-likeness (QED) is 0.780. The van der Waals surface area contributed by atoms with Crippen LogP contribution in [0.1, 0.15) is 17.0 Å². The molecule has 3 aromatic rings. The molecule has 0 unspecified atom stereocenters. The Morgan fingerprint density at radius 2 is 2.05 bits per heavy atom. The van der Waals surface area contributed by atoms with Crippen LogP contribution in [0.5, 0.6) is 0 Å². The highest BCUT2D eigenvalue weighted by Crippen LogP contribution is 2.19. The Morgan fingerprint density at radius 1 is 1.20 bits per heavy atom. The highest BCUT2D eigenvalue weighted by Gasteiger charge is 2.13. The second-order valence-electron chi connectivity index (χ2n) is 4.47. The van der Waals surface area contributed by atoms with Crippen LogP contribution < -0.4 is 5.73 Å². The van der Waals surface area contributed by atoms with Crippen LogP contribution in [0.4, 0.5) is 5.82 Å². The van der Waals surface area contributed by atoms with Crippen LogP contribution in [0.2, 0.25) is 0 Å². The van der Waals surface area contributed by atoms with Crippen molar-refractivity contribution in [2.24, 2.45) is 0 Å². The summed E-state index contributed by atoms with van der Waals surface area (Å²) >= 11 is 0. The third-order valence-electron chi connectivity index (χ3n) is 2.84. The van der Waals surface area contributed by atoms with Crippen molar-refractivity contribution in [3.8, 4) is 11.6 Å². The predicted octanol–water partition coefficient (Wildman–Crippen LogP) is 2.01. The summed E-state index contributed by atoms with van der Waals surface area (Å²) < 4.78 is 5.19. The lowest BCUT2D eigenvalue weighted by Crippen LogP contribution is -1.96. The first-order valence-electron chi connectivity index (χ1n) is 6.17. The minimum atomic E-state index is 0.276. The SMILES string of the molecule is Cc1cccc(Cc2noc(-c3nccnc3N)n2)c1. The molecule has 0 radical (unpaired) electrons. The fourth-order valence-electron chi connectivity index (χ4n) is 1.94. The molecule has 2 heterocycles. The minimum Gasteiger partial charge on any atom is -0.382 e. The number of nitrogens with two attached hydrogens (primary N) is 1. The Kier molecular flexibility index (Phi) is 3.12. The summed E-state index contributed by atoms with van der Waals surface area (Å²) in [5, 5.41) is 3.95. The first-order valence-corrected chi connectivity index (χ1v) is 6.17. The molecule has 0 bridgehead atoms. The summed E-state index contributed by atoms with van der Waals surface area (Å²) in [5.41, 5.74) is 8.47. The molecule has 20 heavy (non-hydrogen) atoms. The molecule has 1 aromatic carbocycles. The number of benzene rings is 1. The third kappa shape index (κ3) is 2.49. The van der Waals surface area contributed by atoms with Gasteiger partial charge in [0.25, 0.3) is 5.89 Å². The van der Waals surface area contributed by atoms with Crippen molar-refractivity contribution in [3.05, 3.63) is 53.6 Å². The standard InChI is InChI=1S/C14H13N5O/c1-9-3-2-4-10(7-9)8-11-18-14(20-19-11)12-13(15)17-6-5-16-12/h2-7H,8H2,1H3,(H2,15,17). The van der Waals surface area contributed by atoms with Crippen molar-refractivity contribution in [2.45, 2.75) is 13.3 Å². The van der Waals surface area contributed by atoms with Gasteiger partial charge in [0.1, 0.15) is 0 Å². The van der Waals surface area contributed by atoms with Gasteiger partial charge in [-0.1, -0.05) is 35.0 Å². The maximum atomic E-state index is 5.73. The number of anilines is 1. The van der Waals surface area contributed by atoms with Gasteiger partial charge >= 0.3 is 0 Å². The Bertz CT molecular complexity index is 738. The number of aromatic nitrogens is 4. The Balaban J connectivity index is 1.86. The van der Waals surface area contributed by atoms with Gasteiger partial charge < -0.3 is 10.3 Å². The van der Waals surface area contributed by atoms with Crippen LogP contribution in [-0.2, 0) is 6.42 Å². The molecule has 0 aliphatic rings. The van der Waals surface area contributed by atoms with Gasteiger partial charge in [0.15, 0.2) is 17.3 Å². The Morgan fingerprint density at radius 3 is 2.85 bits per heavy atom. The van der Waals surface area contributed by atoms with E-state index in [1.807, 2.05) is 25.1 Å². The normalized spacial score (nSPS) is 10.7. The number of nitrogens with zero attached hydrogens (tertiary/aromatic N) is 4. The minimum absolute atomic E-state index is 0.276. The molecule has 100 valence electrons. The van der Waals surface area contributed by atoms with Gasteiger partial charge in [0, 0.05) is 18.8 Å². The van der Waals surface area contributed by atoms with Gasteiger partial charge in [0.2, 0.25) is 0 Å². The summed E-state index contributed by atoms with van der Waals surface area (Å²) in [7, 11) is 0. The third-order valence-corrected chi connectivity index (χ3v) is 2.84. The smallest absolute Gasteiger partial charge is 0.280 e. The van der Waals surface area contributed by atoms with Gasteiger partial charge in [-0.3, -0.25) is 0 Å². The molecule has 0 spiro atoms. The van der Waals surface area contributed by atoms with Crippen molar-refractivity contribution < 1.29 is 4.52 Å². The number of hydrogen-bond acceptors (Lipinski definition) is 6. The molecular weight excluding hydrogens is 254 g/mol. The first-order chi connectivity index (χ1) is 9.72. The van der Waals surface area contributed by atoms with E-state index in [0.29, 0.717) is 23.8 Å². The average molecular weight is 267 g/mol. The lowest BCUT2D eigenvalue weighted by atomic mass is 10.1. The van der Waals surface area contributed by atoms with Gasteiger partial charge in [-0.15, -0.1) is 0 Å². The van der Waals surface area contributed by atoms with E-state index in [1.54, 1.807) is 0 Å². The molecule has 0 aliphatic carbocycles. The molecule has 6 heteroatoms. The van der Waals surface area contributed by atoms with E-state index in [9.17, 15) is 0 Å². The molecule has 0 aliphatic heterocycles. The highest BCUT2D eigenvalue weighted by molar-refractivity contribution is 5.61. The van der Waals surface area contributed by atoms with Gasteiger partial charge in [-0.25, -0.2) is 9.97 Å². The Labute approximate surface area is 115 Å². The van der Waals surface area contributed by atoms with E-state index >= 15 is 0 Å². The second-order valence-corrected chi connectivity index (χ2v) is 4.47. The molecule has 0 saturated heterocycles. The largest absolute Gasteiger partial charge is 0.382 e. The summed E-state index contributed by atoms with van der Waals surface area (Å²) in [6.07, 6.45) is 3.66. The van der Waals surface area contributed by atoms with Gasteiger partial charge in [0.05, 0.1) is 0 Å². The van der Waals surface area contributed by atoms with Crippen LogP contribution >= 0.6 is 0 Å². The molecule has 0 amide bonds. The molecule has 6 nitrogen and oxygen atoms in total. The maximum absolute atomic E-state index is 5.73. The van der Waals surface area contributed by atoms with Crippen molar-refractivity contribution in [2.75, 3.05) is 5.73 Å². The van der Waals surface area contributed by atoms with Crippen molar-refractivity contribution in [1.82, 2.24) is 20.1 Å². The zero-order chi connectivity index (χ0) is 13.9. The molecule has 3 rings (SSSR count). The van der Waals surface area contributed by atoms with Crippen LogP contribution in [-0.4, -0.2) is 20.1 Å². The topological polar surface area (TPSA) is 90.7 Å². The average Bonchev–Trinajstić information content (AvgIpc) is 2.87. The van der Waals surface area contributed by atoms with E-state index in [2.05, 4.69) is 26.2 Å². The summed E-state index contributed by atoms with van der Waals surface area (Å²) in [5.74, 6) is 1.16. The van der Waals surface area contributed by atoms with E-state index in [4.69, 9.17) is 10.3 Å². The summed E-state index contributed by atoms with van der Waals surface area (Å²) in [6, 6.07) is 8.17. The maximum Gasteiger partial charge on any atom is 0.280 e. The van der Waals surface area contributed by atoms with Gasteiger partial charge in [-0.2, -0.15) is 4.98 Å². The molecule has 2 N–H and O–H groups in total. The van der Waals surface area contributed by atoms with Crippen molar-refractivity contribution in [1.29, 1.82) is 0 Å². The van der Waals surface area contributed by atoms with E-state index < -0.39 is 0 Å². The van der Waals surface area contributed by atoms with Crippen LogP contribution in [0.25, 0.3) is 11.6 Å². The van der Waals surface area contributed by atoms with E-state index in [-0.39, 0.29) is 5.82 Å². The summed E-state index contributed by atoms with van der Waals surface area (Å²) in [4.78, 5) is 12.4. The Hall–Kier alpha value is -2.76. The molecule has 2 aromatic heterocycles. The lowest BCUT2D eigenvalue weighted by Gasteiger charge is -1.98. The van der Waals surface area contributed by atoms with E-state index in [1.165, 1.54) is 18.0 Å². The van der Waals surface area contributed by atoms with Crippen LogP contribution in [0.3, 0.4) is 0 Å². The van der Waals surface area contributed by atoms with Crippen LogP contribution in [0.15, 0.2) is 41.2 Å². The molecule has 0 saturated carbocycles. The summed E-state index contributed by atoms with van der Waals surface area (Å²) in [6.45, 7) is 2.05. The van der Waals surface area contributed by atoms with Crippen molar-refractivity contribution >= 4 is 5.82 Å². The second kappa shape index (κ2) is 5.08. The van der Waals surface area contributed by atoms with Crippen LogP contribution in [0, 0.1) is 6.92 Å². The first kappa shape index (κ1) is 12.3. The number of rotatable bonds is 3. The number of nitrogen functional groups attached to an aromatic ring is 1. The molecular formula is C14H13N5O. The fourth-order valence-corrected chi connectivity index (χ4v) is 1.94. The van der Waals surface area contributed by atoms with E-state index in [0.717, 1.165) is 5.56 Å². The number of aryl methyl sites for hydroxylation is 1. The molecule has 0 atom stereocenters. The fraction of sp³-hybridized carbons (Fsp3) is 0.143. The zero-order valence-corrected chi connectivity index (χ0v) is 10.9. The predicted molar refractivity (Wildman–Crippen MR) is 73.7 cm³/mol. The monoisotopic (exact) mass is 267 g/mol. The highest BCUT2D eigenvalue weighted by atomic mass is 16.5. The van der Waals surface area contributed by atoms with Gasteiger partial charge in [-0.05, 0) is 12.5 Å². The number of hydrogen-bond donors (Lipinski definition) is 1.